The maximum absolute atomic E-state index is 12.3. The lowest BCUT2D eigenvalue weighted by atomic mass is 10.3. The van der Waals surface area contributed by atoms with Crippen molar-refractivity contribution in [3.8, 4) is 11.6 Å². The topological polar surface area (TPSA) is 61.0 Å². The molecule has 1 heterocycles. The fraction of sp³-hybridized carbons (Fsp3) is 0.0909. The van der Waals surface area contributed by atoms with Crippen molar-refractivity contribution in [2.75, 3.05) is 5.73 Å². The zero-order valence-electron chi connectivity index (χ0n) is 9.28. The summed E-state index contributed by atoms with van der Waals surface area (Å²) in [6.45, 7) is 0. The molecular formula is C11H7ClF3N3O. The molecule has 4 nitrogen and oxygen atoms in total. The van der Waals surface area contributed by atoms with Gasteiger partial charge in [-0.05, 0) is 18.2 Å². The van der Waals surface area contributed by atoms with Gasteiger partial charge in [-0.1, -0.05) is 11.6 Å². The van der Waals surface area contributed by atoms with Crippen molar-refractivity contribution in [2.24, 2.45) is 0 Å². The maximum Gasteiger partial charge on any atom is 0.435 e. The Morgan fingerprint density at radius 3 is 2.42 bits per heavy atom. The first-order chi connectivity index (χ1) is 8.86. The highest BCUT2D eigenvalue weighted by Gasteiger charge is 2.33. The summed E-state index contributed by atoms with van der Waals surface area (Å²) in [7, 11) is 0. The Kier molecular flexibility index (Phi) is 3.48. The van der Waals surface area contributed by atoms with E-state index in [1.54, 1.807) is 6.07 Å². The molecule has 0 aliphatic rings. The molecule has 0 amide bonds. The molecule has 0 fully saturated rings. The van der Waals surface area contributed by atoms with Crippen LogP contribution in [0.4, 0.5) is 18.9 Å². The van der Waals surface area contributed by atoms with Gasteiger partial charge >= 0.3 is 6.18 Å². The van der Waals surface area contributed by atoms with Gasteiger partial charge in [-0.2, -0.15) is 13.2 Å². The molecule has 0 saturated heterocycles. The minimum Gasteiger partial charge on any atom is -0.436 e. The lowest BCUT2D eigenvalue weighted by molar-refractivity contribution is -0.141. The third-order valence-electron chi connectivity index (χ3n) is 2.10. The molecule has 0 aliphatic heterocycles. The molecule has 0 radical (unpaired) electrons. The van der Waals surface area contributed by atoms with E-state index in [-0.39, 0.29) is 16.7 Å². The van der Waals surface area contributed by atoms with Gasteiger partial charge in [0.05, 0.1) is 5.02 Å². The fourth-order valence-electron chi connectivity index (χ4n) is 1.24. The second-order valence-electron chi connectivity index (χ2n) is 3.55. The highest BCUT2D eigenvalue weighted by molar-refractivity contribution is 6.32. The average molecular weight is 290 g/mol. The van der Waals surface area contributed by atoms with E-state index < -0.39 is 11.9 Å². The van der Waals surface area contributed by atoms with Crippen molar-refractivity contribution < 1.29 is 17.9 Å². The van der Waals surface area contributed by atoms with Crippen molar-refractivity contribution >= 4 is 17.3 Å². The van der Waals surface area contributed by atoms with Crippen LogP contribution in [0.5, 0.6) is 11.6 Å². The van der Waals surface area contributed by atoms with Crippen LogP contribution in [-0.2, 0) is 6.18 Å². The molecule has 0 saturated carbocycles. The maximum atomic E-state index is 12.3. The normalized spacial score (nSPS) is 11.4. The largest absolute Gasteiger partial charge is 0.436 e. The predicted octanol–water partition coefficient (Wildman–Crippen LogP) is 3.52. The SMILES string of the molecule is Nc1ccc(Cl)c(Oc2ccc(C(F)(F)F)nn2)c1. The van der Waals surface area contributed by atoms with E-state index in [4.69, 9.17) is 22.1 Å². The molecule has 8 heteroatoms. The van der Waals surface area contributed by atoms with Gasteiger partial charge in [0.2, 0.25) is 5.88 Å². The molecule has 0 spiro atoms. The first-order valence-corrected chi connectivity index (χ1v) is 5.38. The lowest BCUT2D eigenvalue weighted by Gasteiger charge is -2.08. The van der Waals surface area contributed by atoms with Crippen molar-refractivity contribution in [3.05, 3.63) is 41.0 Å². The van der Waals surface area contributed by atoms with Gasteiger partial charge in [0.1, 0.15) is 5.75 Å². The third kappa shape index (κ3) is 3.25. The average Bonchev–Trinajstić information content (AvgIpc) is 2.33. The zero-order chi connectivity index (χ0) is 14.0. The number of halogens is 4. The monoisotopic (exact) mass is 289 g/mol. The molecule has 2 N–H and O–H groups in total. The molecule has 2 aromatic rings. The van der Waals surface area contributed by atoms with Gasteiger partial charge in [0, 0.05) is 17.8 Å². The molecule has 1 aromatic carbocycles. The minimum atomic E-state index is -4.54. The zero-order valence-corrected chi connectivity index (χ0v) is 10.0. The van der Waals surface area contributed by atoms with E-state index in [1.807, 2.05) is 0 Å². The van der Waals surface area contributed by atoms with Gasteiger partial charge in [0.25, 0.3) is 0 Å². The first kappa shape index (κ1) is 13.4. The van der Waals surface area contributed by atoms with Crippen LogP contribution in [0.15, 0.2) is 30.3 Å². The van der Waals surface area contributed by atoms with Crippen LogP contribution < -0.4 is 10.5 Å². The smallest absolute Gasteiger partial charge is 0.435 e. The van der Waals surface area contributed by atoms with Gasteiger partial charge in [0.15, 0.2) is 5.69 Å². The number of hydrogen-bond acceptors (Lipinski definition) is 4. The van der Waals surface area contributed by atoms with Crippen molar-refractivity contribution in [3.63, 3.8) is 0 Å². The number of rotatable bonds is 2. The van der Waals surface area contributed by atoms with Gasteiger partial charge < -0.3 is 10.5 Å². The molecule has 0 bridgehead atoms. The number of nitrogens with two attached hydrogens (primary N) is 1. The highest BCUT2D eigenvalue weighted by atomic mass is 35.5. The quantitative estimate of drug-likeness (QED) is 0.859. The third-order valence-corrected chi connectivity index (χ3v) is 2.41. The van der Waals surface area contributed by atoms with Crippen LogP contribution in [-0.4, -0.2) is 10.2 Å². The van der Waals surface area contributed by atoms with E-state index in [0.717, 1.165) is 12.1 Å². The molecule has 100 valence electrons. The van der Waals surface area contributed by atoms with Gasteiger partial charge in [-0.25, -0.2) is 0 Å². The van der Waals surface area contributed by atoms with E-state index in [0.29, 0.717) is 5.69 Å². The number of nitrogens with zero attached hydrogens (tertiary/aromatic N) is 2. The van der Waals surface area contributed by atoms with Crippen LogP contribution in [0.2, 0.25) is 5.02 Å². The van der Waals surface area contributed by atoms with Crippen LogP contribution >= 0.6 is 11.6 Å². The molecular weight excluding hydrogens is 283 g/mol. The minimum absolute atomic E-state index is 0.111. The van der Waals surface area contributed by atoms with Crippen LogP contribution in [0.1, 0.15) is 5.69 Å². The molecule has 1 aromatic heterocycles. The van der Waals surface area contributed by atoms with Crippen LogP contribution in [0.3, 0.4) is 0 Å². The molecule has 0 unspecified atom stereocenters. The summed E-state index contributed by atoms with van der Waals surface area (Å²) >= 11 is 5.84. The van der Waals surface area contributed by atoms with Gasteiger partial charge in [-0.3, -0.25) is 0 Å². The number of aromatic nitrogens is 2. The summed E-state index contributed by atoms with van der Waals surface area (Å²) in [5.41, 5.74) is 4.84. The van der Waals surface area contributed by atoms with Crippen LogP contribution in [0, 0.1) is 0 Å². The Morgan fingerprint density at radius 1 is 1.11 bits per heavy atom. The fourth-order valence-corrected chi connectivity index (χ4v) is 1.39. The Labute approximate surface area is 111 Å². The standard InChI is InChI=1S/C11H7ClF3N3O/c12-7-2-1-6(16)5-8(7)19-10-4-3-9(17-18-10)11(13,14)15/h1-5H,16H2. The number of benzene rings is 1. The molecule has 0 atom stereocenters. The summed E-state index contributed by atoms with van der Waals surface area (Å²) in [5.74, 6) is 0.0798. The molecule has 19 heavy (non-hydrogen) atoms. The Hall–Kier alpha value is -2.02. The Morgan fingerprint density at radius 2 is 1.84 bits per heavy atom. The van der Waals surface area contributed by atoms with Crippen molar-refractivity contribution in [1.82, 2.24) is 10.2 Å². The lowest BCUT2D eigenvalue weighted by Crippen LogP contribution is -2.08. The van der Waals surface area contributed by atoms with E-state index in [9.17, 15) is 13.2 Å². The second-order valence-corrected chi connectivity index (χ2v) is 3.95. The van der Waals surface area contributed by atoms with E-state index >= 15 is 0 Å². The molecule has 0 aliphatic carbocycles. The predicted molar refractivity (Wildman–Crippen MR) is 63.0 cm³/mol. The summed E-state index contributed by atoms with van der Waals surface area (Å²) in [6, 6.07) is 6.32. The number of nitrogen functional groups attached to an aromatic ring is 1. The summed E-state index contributed by atoms with van der Waals surface area (Å²) in [6.07, 6.45) is -4.54. The Bertz CT molecular complexity index is 587. The number of alkyl halides is 3. The van der Waals surface area contributed by atoms with Crippen LogP contribution in [0.25, 0.3) is 0 Å². The summed E-state index contributed by atoms with van der Waals surface area (Å²) in [5, 5.41) is 6.60. The highest BCUT2D eigenvalue weighted by Crippen LogP contribution is 2.31. The second kappa shape index (κ2) is 4.93. The summed E-state index contributed by atoms with van der Waals surface area (Å²) < 4.78 is 42.1. The van der Waals surface area contributed by atoms with Crippen molar-refractivity contribution in [2.45, 2.75) is 6.18 Å². The number of ether oxygens (including phenoxy) is 1. The Balaban J connectivity index is 2.22. The molecule has 2 rings (SSSR count). The van der Waals surface area contributed by atoms with E-state index in [1.165, 1.54) is 12.1 Å². The number of hydrogen-bond donors (Lipinski definition) is 1. The van der Waals surface area contributed by atoms with Crippen molar-refractivity contribution in [1.29, 1.82) is 0 Å². The van der Waals surface area contributed by atoms with E-state index in [2.05, 4.69) is 10.2 Å². The summed E-state index contributed by atoms with van der Waals surface area (Å²) in [4.78, 5) is 0. The van der Waals surface area contributed by atoms with Gasteiger partial charge in [-0.15, -0.1) is 10.2 Å². The first-order valence-electron chi connectivity index (χ1n) is 5.00. The number of anilines is 1.